The standard InChI is InChI=1S/C20H22F3N3O4S/c1-24(15-2-6-17(7-3-15)30-20(21,22)23)14-19(27)26-12-10-25(11-13-26)16-4-8-18(9-5-16)31(28)29/h2-9H,10-14H2,1H3,(H,28,29)/p-1. The normalized spacial score (nSPS) is 15.5. The summed E-state index contributed by atoms with van der Waals surface area (Å²) < 4.78 is 62.5. The number of alkyl halides is 3. The van der Waals surface area contributed by atoms with E-state index in [2.05, 4.69) is 9.64 Å². The van der Waals surface area contributed by atoms with Crippen molar-refractivity contribution in [3.8, 4) is 5.75 Å². The lowest BCUT2D eigenvalue weighted by Gasteiger charge is -2.37. The third-order valence-corrected chi connectivity index (χ3v) is 5.57. The molecule has 31 heavy (non-hydrogen) atoms. The monoisotopic (exact) mass is 456 g/mol. The van der Waals surface area contributed by atoms with Crippen molar-refractivity contribution >= 4 is 28.4 Å². The van der Waals surface area contributed by atoms with E-state index in [-0.39, 0.29) is 23.1 Å². The molecule has 2 aromatic carbocycles. The van der Waals surface area contributed by atoms with Gasteiger partial charge in [-0.3, -0.25) is 9.00 Å². The van der Waals surface area contributed by atoms with Gasteiger partial charge in [0.1, 0.15) is 5.75 Å². The summed E-state index contributed by atoms with van der Waals surface area (Å²) in [6.45, 7) is 2.33. The second kappa shape index (κ2) is 9.56. The van der Waals surface area contributed by atoms with E-state index < -0.39 is 17.4 Å². The van der Waals surface area contributed by atoms with Crippen LogP contribution >= 0.6 is 0 Å². The molecule has 1 heterocycles. The highest BCUT2D eigenvalue weighted by Crippen LogP contribution is 2.25. The Balaban J connectivity index is 1.50. The fourth-order valence-electron chi connectivity index (χ4n) is 3.28. The minimum Gasteiger partial charge on any atom is -0.768 e. The molecule has 1 atom stereocenters. The molecule has 0 saturated carbocycles. The smallest absolute Gasteiger partial charge is 0.573 e. The summed E-state index contributed by atoms with van der Waals surface area (Å²) in [5.74, 6) is -0.406. The average molecular weight is 456 g/mol. The van der Waals surface area contributed by atoms with Crippen molar-refractivity contribution in [1.82, 2.24) is 4.90 Å². The lowest BCUT2D eigenvalue weighted by molar-refractivity contribution is -0.274. The Morgan fingerprint density at radius 2 is 1.65 bits per heavy atom. The Kier molecular flexibility index (Phi) is 7.06. The highest BCUT2D eigenvalue weighted by molar-refractivity contribution is 7.79. The highest BCUT2D eigenvalue weighted by Gasteiger charge is 2.31. The molecule has 0 aromatic heterocycles. The number of rotatable bonds is 6. The van der Waals surface area contributed by atoms with Gasteiger partial charge < -0.3 is 24.0 Å². The Morgan fingerprint density at radius 3 is 2.16 bits per heavy atom. The van der Waals surface area contributed by atoms with E-state index in [0.29, 0.717) is 31.9 Å². The number of hydrogen-bond donors (Lipinski definition) is 0. The molecular formula is C20H21F3N3O4S-. The van der Waals surface area contributed by atoms with Crippen molar-refractivity contribution in [2.75, 3.05) is 49.6 Å². The first-order valence-electron chi connectivity index (χ1n) is 9.41. The van der Waals surface area contributed by atoms with Crippen molar-refractivity contribution < 1.29 is 31.5 Å². The predicted octanol–water partition coefficient (Wildman–Crippen LogP) is 2.61. The van der Waals surface area contributed by atoms with E-state index in [9.17, 15) is 26.7 Å². The second-order valence-electron chi connectivity index (χ2n) is 6.99. The molecule has 168 valence electrons. The zero-order chi connectivity index (χ0) is 22.6. The van der Waals surface area contributed by atoms with Crippen LogP contribution in [0.5, 0.6) is 5.75 Å². The fourth-order valence-corrected chi connectivity index (χ4v) is 3.64. The topological polar surface area (TPSA) is 76.2 Å². The molecule has 1 aliphatic heterocycles. The highest BCUT2D eigenvalue weighted by atomic mass is 32.2. The molecule has 1 aliphatic rings. The molecule has 1 saturated heterocycles. The number of ether oxygens (including phenoxy) is 1. The number of benzene rings is 2. The molecule has 1 amide bonds. The van der Waals surface area contributed by atoms with Crippen LogP contribution in [0.1, 0.15) is 0 Å². The summed E-state index contributed by atoms with van der Waals surface area (Å²) in [6.07, 6.45) is -4.75. The van der Waals surface area contributed by atoms with E-state index in [1.54, 1.807) is 29.0 Å². The largest absolute Gasteiger partial charge is 0.768 e. The van der Waals surface area contributed by atoms with Crippen LogP contribution in [-0.4, -0.2) is 65.7 Å². The van der Waals surface area contributed by atoms with E-state index in [1.165, 1.54) is 36.4 Å². The van der Waals surface area contributed by atoms with Gasteiger partial charge in [0.05, 0.1) is 6.54 Å². The van der Waals surface area contributed by atoms with Crippen LogP contribution in [-0.2, 0) is 15.9 Å². The molecule has 11 heteroatoms. The van der Waals surface area contributed by atoms with Crippen molar-refractivity contribution in [2.45, 2.75) is 11.3 Å². The number of likely N-dealkylation sites (N-methyl/N-ethyl adjacent to an activating group) is 1. The number of piperazine rings is 1. The molecule has 3 rings (SSSR count). The first kappa shape index (κ1) is 22.9. The Hall–Kier alpha value is -2.79. The number of hydrogen-bond acceptors (Lipinski definition) is 6. The number of carbonyl (C=O) groups excluding carboxylic acids is 1. The molecule has 0 spiro atoms. The quantitative estimate of drug-likeness (QED) is 0.622. The molecule has 0 bridgehead atoms. The molecular weight excluding hydrogens is 435 g/mol. The van der Waals surface area contributed by atoms with E-state index >= 15 is 0 Å². The van der Waals surface area contributed by atoms with Gasteiger partial charge in [-0.1, -0.05) is 0 Å². The van der Waals surface area contributed by atoms with E-state index in [1.807, 2.05) is 0 Å². The average Bonchev–Trinajstić information content (AvgIpc) is 2.73. The van der Waals surface area contributed by atoms with Crippen LogP contribution in [0.15, 0.2) is 53.4 Å². The fraction of sp³-hybridized carbons (Fsp3) is 0.350. The van der Waals surface area contributed by atoms with Crippen LogP contribution in [0.2, 0.25) is 0 Å². The molecule has 1 unspecified atom stereocenters. The van der Waals surface area contributed by atoms with Gasteiger partial charge in [0.25, 0.3) is 0 Å². The van der Waals surface area contributed by atoms with E-state index in [4.69, 9.17) is 0 Å². The lowest BCUT2D eigenvalue weighted by Crippen LogP contribution is -2.51. The molecule has 0 aliphatic carbocycles. The van der Waals surface area contributed by atoms with E-state index in [0.717, 1.165) is 5.69 Å². The second-order valence-corrected chi connectivity index (χ2v) is 7.94. The zero-order valence-corrected chi connectivity index (χ0v) is 17.5. The molecule has 0 radical (unpaired) electrons. The Labute approximate surface area is 180 Å². The summed E-state index contributed by atoms with van der Waals surface area (Å²) in [5, 5.41) is 0. The van der Waals surface area contributed by atoms with Gasteiger partial charge in [-0.15, -0.1) is 13.2 Å². The van der Waals surface area contributed by atoms with Gasteiger partial charge >= 0.3 is 6.36 Å². The van der Waals surface area contributed by atoms with Crippen LogP contribution in [0.25, 0.3) is 0 Å². The lowest BCUT2D eigenvalue weighted by atomic mass is 10.2. The number of anilines is 2. The van der Waals surface area contributed by atoms with Crippen LogP contribution < -0.4 is 14.5 Å². The van der Waals surface area contributed by atoms with Crippen molar-refractivity contribution in [3.63, 3.8) is 0 Å². The van der Waals surface area contributed by atoms with Crippen molar-refractivity contribution in [3.05, 3.63) is 48.5 Å². The first-order valence-corrected chi connectivity index (χ1v) is 10.5. The number of carbonyl (C=O) groups is 1. The third kappa shape index (κ3) is 6.34. The number of amides is 1. The first-order chi connectivity index (χ1) is 14.6. The molecule has 1 fully saturated rings. The summed E-state index contributed by atoms with van der Waals surface area (Å²) >= 11 is -2.26. The summed E-state index contributed by atoms with van der Waals surface area (Å²) in [7, 11) is 1.69. The Bertz CT molecular complexity index is 915. The van der Waals surface area contributed by atoms with Crippen LogP contribution in [0.4, 0.5) is 24.5 Å². The minimum absolute atomic E-state index is 0.0868. The zero-order valence-electron chi connectivity index (χ0n) is 16.7. The van der Waals surface area contributed by atoms with Gasteiger partial charge in [-0.05, 0) is 59.6 Å². The van der Waals surface area contributed by atoms with Gasteiger partial charge in [-0.2, -0.15) is 0 Å². The van der Waals surface area contributed by atoms with Crippen molar-refractivity contribution in [1.29, 1.82) is 0 Å². The maximum atomic E-state index is 12.6. The third-order valence-electron chi connectivity index (χ3n) is 4.91. The van der Waals surface area contributed by atoms with Gasteiger partial charge in [-0.25, -0.2) is 0 Å². The minimum atomic E-state index is -4.75. The number of halogens is 3. The summed E-state index contributed by atoms with van der Waals surface area (Å²) in [4.78, 5) is 18.3. The van der Waals surface area contributed by atoms with Gasteiger partial charge in [0.15, 0.2) is 0 Å². The summed E-state index contributed by atoms with van der Waals surface area (Å²) in [6, 6.07) is 11.9. The number of nitrogens with zero attached hydrogens (tertiary/aromatic N) is 3. The molecule has 2 aromatic rings. The maximum Gasteiger partial charge on any atom is 0.573 e. The molecule has 0 N–H and O–H groups in total. The van der Waals surface area contributed by atoms with Crippen molar-refractivity contribution in [2.24, 2.45) is 0 Å². The Morgan fingerprint density at radius 1 is 1.06 bits per heavy atom. The maximum absolute atomic E-state index is 12.6. The summed E-state index contributed by atoms with van der Waals surface area (Å²) in [5.41, 5.74) is 1.48. The van der Waals surface area contributed by atoms with Gasteiger partial charge in [0.2, 0.25) is 5.91 Å². The van der Waals surface area contributed by atoms with Gasteiger partial charge in [0, 0.05) is 49.5 Å². The molecule has 7 nitrogen and oxygen atoms in total. The SMILES string of the molecule is CN(CC(=O)N1CCN(c2ccc(S(=O)[O-])cc2)CC1)c1ccc(OC(F)(F)F)cc1. The predicted molar refractivity (Wildman–Crippen MR) is 109 cm³/mol. The van der Waals surface area contributed by atoms with Crippen LogP contribution in [0, 0.1) is 0 Å². The van der Waals surface area contributed by atoms with Crippen LogP contribution in [0.3, 0.4) is 0 Å².